The van der Waals surface area contributed by atoms with E-state index in [2.05, 4.69) is 109 Å². The molecule has 0 aromatic carbocycles. The van der Waals surface area contributed by atoms with E-state index in [1.807, 2.05) is 36.4 Å². The Kier molecular flexibility index (Phi) is 19.7. The van der Waals surface area contributed by atoms with Crippen molar-refractivity contribution in [2.24, 2.45) is 138 Å². The van der Waals surface area contributed by atoms with Crippen molar-refractivity contribution < 1.29 is 40.4 Å². The highest BCUT2D eigenvalue weighted by Crippen LogP contribution is 2.70. The summed E-state index contributed by atoms with van der Waals surface area (Å²) in [7, 11) is 0. The monoisotopic (exact) mass is 1400 g/mol. The van der Waals surface area contributed by atoms with Gasteiger partial charge in [0, 0.05) is 70.4 Å². The minimum atomic E-state index is -0.915. The average molecular weight is 1410 g/mol. The van der Waals surface area contributed by atoms with E-state index in [1.165, 1.54) is 48.0 Å². The molecule has 6 N–H and O–H groups in total. The molecule has 0 unspecified atom stereocenters. The predicted octanol–water partition coefficient (Wildman–Crippen LogP) is 16.6. The largest absolute Gasteiger partial charge is 0.411 e. The number of rotatable bonds is 0. The van der Waals surface area contributed by atoms with Gasteiger partial charge in [0.1, 0.15) is 22.4 Å². The van der Waals surface area contributed by atoms with Gasteiger partial charge in [-0.15, -0.1) is 12.8 Å². The molecule has 16 aliphatic carbocycles. The second-order valence-electron chi connectivity index (χ2n) is 37.3. The van der Waals surface area contributed by atoms with E-state index in [0.29, 0.717) is 112 Å². The number of hydrogen-bond acceptors (Lipinski definition) is 12. The van der Waals surface area contributed by atoms with Gasteiger partial charge in [-0.25, -0.2) is 0 Å². The molecule has 16 aliphatic rings. The normalized spacial score (nSPS) is 46.5. The van der Waals surface area contributed by atoms with Gasteiger partial charge in [0.25, 0.3) is 0 Å². The van der Waals surface area contributed by atoms with Gasteiger partial charge in [0.2, 0.25) is 0 Å². The van der Waals surface area contributed by atoms with Gasteiger partial charge in [-0.1, -0.05) is 110 Å². The maximum Gasteiger partial charge on any atom is 0.155 e. The molecule has 2 aromatic heterocycles. The lowest BCUT2D eigenvalue weighted by molar-refractivity contribution is -0.118. The quantitative estimate of drug-likeness (QED) is 0.0836. The van der Waals surface area contributed by atoms with E-state index in [1.54, 1.807) is 24.8 Å². The molecule has 0 amide bonds. The lowest BCUT2D eigenvalue weighted by Crippen LogP contribution is -2.54. The molecule has 0 aliphatic heterocycles. The number of ketones is 2. The first-order valence-electron chi connectivity index (χ1n) is 40.9. The third kappa shape index (κ3) is 12.1. The number of aromatic nitrogens is 2. The van der Waals surface area contributed by atoms with Gasteiger partial charge in [-0.2, -0.15) is 0 Å². The summed E-state index contributed by atoms with van der Waals surface area (Å²) in [6.45, 7) is 13.8. The van der Waals surface area contributed by atoms with Crippen molar-refractivity contribution in [2.75, 3.05) is 0 Å². The van der Waals surface area contributed by atoms with Crippen LogP contribution in [-0.2, 0) is 9.59 Å². The van der Waals surface area contributed by atoms with Crippen LogP contribution in [0.2, 0.25) is 0 Å². The van der Waals surface area contributed by atoms with Crippen molar-refractivity contribution in [3.05, 3.63) is 107 Å². The highest BCUT2D eigenvalue weighted by molar-refractivity contribution is 5.96. The molecule has 2 aromatic rings. The van der Waals surface area contributed by atoms with Gasteiger partial charge in [0.15, 0.2) is 11.6 Å². The Labute approximate surface area is 620 Å². The Bertz CT molecular complexity index is 4080. The predicted molar refractivity (Wildman–Crippen MR) is 406 cm³/mol. The molecule has 0 radical (unpaired) electrons. The Hall–Kier alpha value is -6.38. The van der Waals surface area contributed by atoms with E-state index in [9.17, 15) is 30.0 Å². The highest BCUT2D eigenvalue weighted by Gasteiger charge is 2.67. The summed E-state index contributed by atoms with van der Waals surface area (Å²) < 4.78 is 0. The Morgan fingerprint density at radius 1 is 0.394 bits per heavy atom. The van der Waals surface area contributed by atoms with Crippen molar-refractivity contribution in [3.63, 3.8) is 0 Å². The smallest absolute Gasteiger partial charge is 0.155 e. The van der Waals surface area contributed by atoms with Gasteiger partial charge >= 0.3 is 0 Å². The molecule has 104 heavy (non-hydrogen) atoms. The number of pyridine rings is 2. The summed E-state index contributed by atoms with van der Waals surface area (Å²) in [5.74, 6) is 30.6. The Balaban J connectivity index is 0.000000112. The third-order valence-electron chi connectivity index (χ3n) is 33.4. The van der Waals surface area contributed by atoms with Crippen LogP contribution in [0.4, 0.5) is 0 Å². The molecule has 18 rings (SSSR count). The number of nitrogens with zero attached hydrogens (tertiary/aromatic N) is 4. The van der Waals surface area contributed by atoms with Crippen LogP contribution < -0.4 is 0 Å². The SMILES string of the molecule is C#C[C@@]1(O)CC[C@@H]2[C@@H]3CCC4=CC(=NO)CC[C@@H]4[C@@H]3CC[C@@]21C.C#C[C@@]1(O)CC[C@@H]2[C@H]3[C@@H](CC[C@@]21C)[C@H]1CCC(=NO)C=C1C[C@H]3C.C[C@H]1CC2=CC(=O)CC[C@@H]2[C@@H]2CC[C@@]3(C)[C@H](CC[C@]3(O)C#Cc3ccncc3)[C@@H]21.C[C@]12CC[C@@H]3[C@@H](CCC4=CC(=O)CC[C@@H]43)[C@H]1CC[C@]2(O)C#Cc1ccncc1. The Morgan fingerprint density at radius 2 is 0.731 bits per heavy atom. The molecule has 552 valence electrons. The first-order valence-corrected chi connectivity index (χ1v) is 40.9. The van der Waals surface area contributed by atoms with E-state index >= 15 is 0 Å². The fourth-order valence-corrected chi connectivity index (χ4v) is 27.9. The number of terminal acetylenes is 2. The lowest BCUT2D eigenvalue weighted by atomic mass is 9.48. The number of allylic oxidation sites excluding steroid dienone is 6. The molecule has 12 nitrogen and oxygen atoms in total. The molecule has 12 saturated carbocycles. The first-order chi connectivity index (χ1) is 49.9. The van der Waals surface area contributed by atoms with Gasteiger partial charge < -0.3 is 30.8 Å². The van der Waals surface area contributed by atoms with Crippen LogP contribution in [0.1, 0.15) is 245 Å². The minimum absolute atomic E-state index is 0.101. The van der Waals surface area contributed by atoms with E-state index in [0.717, 1.165) is 195 Å². The van der Waals surface area contributed by atoms with Crippen LogP contribution in [0.25, 0.3) is 0 Å². The second-order valence-corrected chi connectivity index (χ2v) is 37.3. The maximum atomic E-state index is 12.0. The van der Waals surface area contributed by atoms with Crippen LogP contribution in [0, 0.1) is 177 Å². The van der Waals surface area contributed by atoms with E-state index in [4.69, 9.17) is 23.3 Å². The second kappa shape index (κ2) is 28.0. The molecule has 26 atom stereocenters. The number of fused-ring (bicyclic) bond motifs is 20. The molecular formula is C92H116N4O8. The molecule has 0 saturated heterocycles. The lowest BCUT2D eigenvalue weighted by Gasteiger charge is -2.56. The van der Waals surface area contributed by atoms with Crippen LogP contribution in [0.3, 0.4) is 0 Å². The van der Waals surface area contributed by atoms with Crippen molar-refractivity contribution in [1.82, 2.24) is 9.97 Å². The van der Waals surface area contributed by atoms with Crippen molar-refractivity contribution in [2.45, 2.75) is 257 Å². The highest BCUT2D eigenvalue weighted by atomic mass is 16.4. The summed E-state index contributed by atoms with van der Waals surface area (Å²) >= 11 is 0. The van der Waals surface area contributed by atoms with Gasteiger partial charge in [-0.3, -0.25) is 19.6 Å². The van der Waals surface area contributed by atoms with E-state index in [-0.39, 0.29) is 21.7 Å². The average Bonchev–Trinajstić information content (AvgIpc) is 1.50. The number of aliphatic hydroxyl groups is 4. The number of hydrogen-bond donors (Lipinski definition) is 6. The third-order valence-corrected chi connectivity index (χ3v) is 33.4. The molecular weight excluding hydrogens is 1290 g/mol. The number of oxime groups is 2. The summed E-state index contributed by atoms with van der Waals surface area (Å²) in [6, 6.07) is 7.62. The summed E-state index contributed by atoms with van der Waals surface area (Å²) in [5.41, 5.74) is 5.25. The molecule has 12 fully saturated rings. The molecule has 12 heteroatoms. The van der Waals surface area contributed by atoms with Crippen LogP contribution >= 0.6 is 0 Å². The van der Waals surface area contributed by atoms with Gasteiger partial charge in [0.05, 0.1) is 11.4 Å². The maximum absolute atomic E-state index is 12.0. The fraction of sp³-hybridized carbons (Fsp3) is 0.674. The van der Waals surface area contributed by atoms with Crippen LogP contribution in [0.15, 0.2) is 106 Å². The summed E-state index contributed by atoms with van der Waals surface area (Å²) in [5, 5.41) is 70.4. The minimum Gasteiger partial charge on any atom is -0.411 e. The number of carbonyl (C=O) groups excluding carboxylic acids is 2. The van der Waals surface area contributed by atoms with Crippen molar-refractivity contribution in [1.29, 1.82) is 0 Å². The van der Waals surface area contributed by atoms with Crippen LogP contribution in [-0.4, -0.2) is 86.2 Å². The van der Waals surface area contributed by atoms with Crippen molar-refractivity contribution >= 4 is 23.0 Å². The van der Waals surface area contributed by atoms with Gasteiger partial charge in [-0.05, 0) is 335 Å². The topological polar surface area (TPSA) is 206 Å². The van der Waals surface area contributed by atoms with Crippen molar-refractivity contribution in [3.8, 4) is 48.4 Å². The number of carbonyl (C=O) groups is 2. The first kappa shape index (κ1) is 73.1. The standard InChI is InChI=1S/C26H31NO2.C25H29NO2.C21H29NO2.C20H27NO2/c1-17-15-19-16-20(28)3-4-21(19)22-6-10-25(2)23(24(17)22)7-12-26(25,29)11-5-18-8-13-27-14-9-18;1-24-11-7-21-20-5-3-19(27)16-18(20)2-4-22(21)23(24)8-13-25(24,28)12-6-17-9-14-26-15-10-17;1-4-21(23)10-8-18-19-13(2)11-14-12-15(22-24)5-6-16(14)17(19)7-9-20(18,21)3;1-3-20(22)11-9-18-17-6-4-13-12-14(21-23)5-7-15(13)16(17)8-10-19(18,20)2/h8-9,13-14,16-17,21-24,29H,3-4,6-7,10,12,15H2,1-2H3;9-10,14-16,20-23,28H,2-5,7-8,11,13H2,1H3;1,12-13,16-19,23-24H,5-11H2,2-3H3;1,12,15-18,22-23H,4-11H2,2H3/t17-,21-,22-,23+,24+,25-,26+;20-,21-,22+,23+,24-,25+;13-,16+,17+,18-,19-,20+,21-;15-,16-,17+,18+,19-,20+/m0010/s1. The zero-order chi connectivity index (χ0) is 72.9. The van der Waals surface area contributed by atoms with Crippen LogP contribution in [0.5, 0.6) is 0 Å². The van der Waals surface area contributed by atoms with E-state index < -0.39 is 22.4 Å². The zero-order valence-corrected chi connectivity index (χ0v) is 63.0. The zero-order valence-electron chi connectivity index (χ0n) is 63.0. The fourth-order valence-electron chi connectivity index (χ4n) is 27.9. The Morgan fingerprint density at radius 3 is 1.16 bits per heavy atom. The summed E-state index contributed by atoms with van der Waals surface area (Å²) in [6.07, 6.45) is 57.1. The summed E-state index contributed by atoms with van der Waals surface area (Å²) in [4.78, 5) is 31.9. The molecule has 2 heterocycles. The molecule has 0 spiro atoms. The molecule has 0 bridgehead atoms.